The molecule has 1 radical (unpaired) electrons. The summed E-state index contributed by atoms with van der Waals surface area (Å²) in [6.07, 6.45) is 20.9. The number of hydrogen-bond donors (Lipinski definition) is 1. The summed E-state index contributed by atoms with van der Waals surface area (Å²) in [6, 6.07) is 0. The molecule has 0 aliphatic carbocycles. The molecule has 0 aromatic carbocycles. The molecule has 2 nitrogen and oxygen atoms in total. The van der Waals surface area contributed by atoms with E-state index in [2.05, 4.69) is 12.2 Å². The van der Waals surface area contributed by atoms with Gasteiger partial charge in [0.05, 0.1) is 0 Å². The van der Waals surface area contributed by atoms with E-state index in [0.717, 1.165) is 13.0 Å². The van der Waals surface area contributed by atoms with Crippen molar-refractivity contribution >= 4 is 6.41 Å². The minimum Gasteiger partial charge on any atom is -0.348 e. The van der Waals surface area contributed by atoms with Crippen LogP contribution < -0.4 is 5.32 Å². The van der Waals surface area contributed by atoms with Gasteiger partial charge in [0, 0.05) is 6.54 Å². The highest BCUT2D eigenvalue weighted by molar-refractivity contribution is 5.46. The van der Waals surface area contributed by atoms with Crippen LogP contribution in [0.1, 0.15) is 96.8 Å². The first kappa shape index (κ1) is 18.5. The van der Waals surface area contributed by atoms with Crippen LogP contribution >= 0.6 is 0 Å². The highest BCUT2D eigenvalue weighted by atomic mass is 16.1. The normalized spacial score (nSPS) is 10.6. The Labute approximate surface area is 120 Å². The maximum absolute atomic E-state index is 9.90. The molecule has 0 aliphatic heterocycles. The van der Waals surface area contributed by atoms with Crippen LogP contribution in [-0.4, -0.2) is 13.0 Å². The van der Waals surface area contributed by atoms with Gasteiger partial charge in [-0.3, -0.25) is 4.79 Å². The Balaban J connectivity index is 2.89. The summed E-state index contributed by atoms with van der Waals surface area (Å²) in [5.74, 6) is 0. The van der Waals surface area contributed by atoms with Crippen molar-refractivity contribution in [3.8, 4) is 0 Å². The summed E-state index contributed by atoms with van der Waals surface area (Å²) in [7, 11) is 0. The minimum atomic E-state index is 0.793. The highest BCUT2D eigenvalue weighted by Gasteiger charge is 1.93. The zero-order valence-electron chi connectivity index (χ0n) is 13.0. The van der Waals surface area contributed by atoms with E-state index in [9.17, 15) is 4.79 Å². The second-order valence-electron chi connectivity index (χ2n) is 5.63. The van der Waals surface area contributed by atoms with Gasteiger partial charge < -0.3 is 5.32 Å². The van der Waals surface area contributed by atoms with E-state index in [1.165, 1.54) is 83.5 Å². The molecule has 0 rings (SSSR count). The SMILES string of the molecule is CCCCCCCCCCCCCCCCN[C]=O. The molecular formula is C17H34NO. The average molecular weight is 268 g/mol. The third-order valence-electron chi connectivity index (χ3n) is 3.73. The van der Waals surface area contributed by atoms with Crippen LogP contribution in [0.2, 0.25) is 0 Å². The van der Waals surface area contributed by atoms with Crippen molar-refractivity contribution in [2.75, 3.05) is 6.54 Å². The van der Waals surface area contributed by atoms with Crippen molar-refractivity contribution in [1.82, 2.24) is 5.32 Å². The molecular weight excluding hydrogens is 234 g/mol. The zero-order valence-corrected chi connectivity index (χ0v) is 13.0. The van der Waals surface area contributed by atoms with Crippen molar-refractivity contribution < 1.29 is 4.79 Å². The van der Waals surface area contributed by atoms with E-state index in [4.69, 9.17) is 0 Å². The highest BCUT2D eigenvalue weighted by Crippen LogP contribution is 2.12. The van der Waals surface area contributed by atoms with Crippen molar-refractivity contribution in [1.29, 1.82) is 0 Å². The molecule has 0 saturated carbocycles. The lowest BCUT2D eigenvalue weighted by Crippen LogP contribution is -2.11. The fraction of sp³-hybridized carbons (Fsp3) is 0.941. The van der Waals surface area contributed by atoms with Gasteiger partial charge in [-0.2, -0.15) is 0 Å². The number of carbonyl (C=O) groups excluding carboxylic acids is 1. The van der Waals surface area contributed by atoms with Crippen LogP contribution in [0, 0.1) is 0 Å². The molecule has 0 spiro atoms. The Hall–Kier alpha value is -0.530. The van der Waals surface area contributed by atoms with E-state index < -0.39 is 0 Å². The minimum absolute atomic E-state index is 0.793. The fourth-order valence-corrected chi connectivity index (χ4v) is 2.46. The molecule has 1 N–H and O–H groups in total. The molecule has 2 heteroatoms. The zero-order chi connectivity index (χ0) is 14.0. The molecule has 113 valence electrons. The number of nitrogens with one attached hydrogen (secondary N) is 1. The Morgan fingerprint density at radius 1 is 0.632 bits per heavy atom. The lowest BCUT2D eigenvalue weighted by atomic mass is 10.0. The van der Waals surface area contributed by atoms with E-state index >= 15 is 0 Å². The monoisotopic (exact) mass is 268 g/mol. The van der Waals surface area contributed by atoms with Crippen molar-refractivity contribution in [3.63, 3.8) is 0 Å². The Bertz CT molecular complexity index is 171. The molecule has 1 amide bonds. The smallest absolute Gasteiger partial charge is 0.309 e. The Kier molecular flexibility index (Phi) is 17.0. The molecule has 0 bridgehead atoms. The summed E-state index contributed by atoms with van der Waals surface area (Å²) in [4.78, 5) is 9.90. The van der Waals surface area contributed by atoms with Crippen molar-refractivity contribution in [3.05, 3.63) is 0 Å². The maximum atomic E-state index is 9.90. The van der Waals surface area contributed by atoms with Crippen LogP contribution in [0.3, 0.4) is 0 Å². The molecule has 0 atom stereocenters. The predicted molar refractivity (Wildman–Crippen MR) is 84.0 cm³/mol. The lowest BCUT2D eigenvalue weighted by molar-refractivity contribution is 0.526. The molecule has 0 aromatic rings. The van der Waals surface area contributed by atoms with Gasteiger partial charge in [-0.1, -0.05) is 90.4 Å². The first-order valence-electron chi connectivity index (χ1n) is 8.51. The summed E-state index contributed by atoms with van der Waals surface area (Å²) in [5, 5.41) is 2.59. The molecule has 0 aromatic heterocycles. The largest absolute Gasteiger partial charge is 0.348 e. The van der Waals surface area contributed by atoms with Gasteiger partial charge in [-0.25, -0.2) is 0 Å². The topological polar surface area (TPSA) is 29.1 Å². The van der Waals surface area contributed by atoms with E-state index in [1.54, 1.807) is 6.41 Å². The number of amides is 1. The van der Waals surface area contributed by atoms with E-state index in [1.807, 2.05) is 0 Å². The second-order valence-corrected chi connectivity index (χ2v) is 5.63. The van der Waals surface area contributed by atoms with Gasteiger partial charge >= 0.3 is 6.41 Å². The third-order valence-corrected chi connectivity index (χ3v) is 3.73. The van der Waals surface area contributed by atoms with E-state index in [-0.39, 0.29) is 0 Å². The maximum Gasteiger partial charge on any atom is 0.309 e. The summed E-state index contributed by atoms with van der Waals surface area (Å²) in [6.45, 7) is 3.07. The second kappa shape index (κ2) is 17.5. The Morgan fingerprint density at radius 3 is 1.37 bits per heavy atom. The Morgan fingerprint density at radius 2 is 1.00 bits per heavy atom. The predicted octanol–water partition coefficient (Wildman–Crippen LogP) is 5.12. The molecule has 0 unspecified atom stereocenters. The van der Waals surface area contributed by atoms with Crippen molar-refractivity contribution in [2.24, 2.45) is 0 Å². The van der Waals surface area contributed by atoms with E-state index in [0.29, 0.717) is 0 Å². The molecule has 0 aliphatic rings. The summed E-state index contributed by atoms with van der Waals surface area (Å²) in [5.41, 5.74) is 0. The quantitative estimate of drug-likeness (QED) is 0.305. The fourth-order valence-electron chi connectivity index (χ4n) is 2.46. The average Bonchev–Trinajstić information content (AvgIpc) is 2.43. The third kappa shape index (κ3) is 17.5. The summed E-state index contributed by atoms with van der Waals surface area (Å²) >= 11 is 0. The molecule has 19 heavy (non-hydrogen) atoms. The van der Waals surface area contributed by atoms with Crippen molar-refractivity contribution in [2.45, 2.75) is 96.8 Å². The van der Waals surface area contributed by atoms with Crippen LogP contribution in [0.4, 0.5) is 0 Å². The van der Waals surface area contributed by atoms with Crippen LogP contribution in [-0.2, 0) is 4.79 Å². The van der Waals surface area contributed by atoms with Gasteiger partial charge in [-0.05, 0) is 6.42 Å². The molecule has 0 fully saturated rings. The van der Waals surface area contributed by atoms with Gasteiger partial charge in [0.25, 0.3) is 0 Å². The number of unbranched alkanes of at least 4 members (excludes halogenated alkanes) is 13. The molecule has 0 heterocycles. The first-order valence-corrected chi connectivity index (χ1v) is 8.51. The van der Waals surface area contributed by atoms with Gasteiger partial charge in [0.1, 0.15) is 0 Å². The summed E-state index contributed by atoms with van der Waals surface area (Å²) < 4.78 is 0. The first-order chi connectivity index (χ1) is 9.41. The van der Waals surface area contributed by atoms with Gasteiger partial charge in [-0.15, -0.1) is 0 Å². The molecule has 0 saturated heterocycles. The lowest BCUT2D eigenvalue weighted by Gasteiger charge is -2.03. The number of rotatable bonds is 16. The van der Waals surface area contributed by atoms with Crippen LogP contribution in [0.15, 0.2) is 0 Å². The van der Waals surface area contributed by atoms with Crippen LogP contribution in [0.5, 0.6) is 0 Å². The van der Waals surface area contributed by atoms with Gasteiger partial charge in [0.15, 0.2) is 0 Å². The number of hydrogen-bond acceptors (Lipinski definition) is 1. The van der Waals surface area contributed by atoms with Crippen LogP contribution in [0.25, 0.3) is 0 Å². The van der Waals surface area contributed by atoms with Gasteiger partial charge in [0.2, 0.25) is 0 Å². The standard InChI is InChI=1S/C17H34NO/c1-2-3-4-5-6-7-8-9-10-11-12-13-14-15-16-18-17-19/h2-16H2,1H3,(H,18,19).